The van der Waals surface area contributed by atoms with Crippen molar-refractivity contribution in [2.24, 2.45) is 5.73 Å². The number of hydrogen-bond acceptors (Lipinski definition) is 14. The van der Waals surface area contributed by atoms with Crippen molar-refractivity contribution in [2.75, 3.05) is 26.2 Å². The number of carbonyl (C=O) groups excluding carboxylic acids is 1. The average molecular weight is 662 g/mol. The molecule has 0 aliphatic heterocycles. The van der Waals surface area contributed by atoms with Crippen LogP contribution in [-0.4, -0.2) is 79.3 Å². The van der Waals surface area contributed by atoms with Gasteiger partial charge in [0.25, 0.3) is 0 Å². The third-order valence-electron chi connectivity index (χ3n) is 6.87. The van der Waals surface area contributed by atoms with Crippen LogP contribution in [0.4, 0.5) is 16.2 Å². The number of rotatable bonds is 11. The van der Waals surface area contributed by atoms with Crippen LogP contribution in [0, 0.1) is 10.1 Å². The first-order chi connectivity index (χ1) is 21.8. The van der Waals surface area contributed by atoms with Gasteiger partial charge in [0.05, 0.1) is 49.4 Å². The van der Waals surface area contributed by atoms with E-state index in [-0.39, 0.29) is 17.9 Å². The highest BCUT2D eigenvalue weighted by Gasteiger charge is 2.28. The Labute approximate surface area is 266 Å². The van der Waals surface area contributed by atoms with Gasteiger partial charge in [0.2, 0.25) is 5.75 Å². The van der Waals surface area contributed by atoms with E-state index in [0.717, 1.165) is 47.3 Å². The highest BCUT2D eigenvalue weighted by atomic mass is 35.5. The number of aliphatic hydroxyl groups is 3. The third kappa shape index (κ3) is 8.46. The molecule has 1 aliphatic carbocycles. The summed E-state index contributed by atoms with van der Waals surface area (Å²) in [5.74, 6) is 0.855. The zero-order valence-electron chi connectivity index (χ0n) is 25.0. The van der Waals surface area contributed by atoms with Crippen molar-refractivity contribution in [3.8, 4) is 17.2 Å². The number of nitro groups is 1. The fourth-order valence-corrected chi connectivity index (χ4v) is 4.57. The number of imidazole rings is 1. The molecule has 18 heteroatoms. The van der Waals surface area contributed by atoms with E-state index >= 15 is 0 Å². The summed E-state index contributed by atoms with van der Waals surface area (Å²) in [7, 11) is 5.09. The van der Waals surface area contributed by atoms with Crippen LogP contribution in [-0.2, 0) is 17.9 Å². The van der Waals surface area contributed by atoms with Crippen molar-refractivity contribution in [3.05, 3.63) is 69.4 Å². The van der Waals surface area contributed by atoms with Gasteiger partial charge in [-0.25, -0.2) is 19.3 Å². The Balaban J connectivity index is 0.000000216. The quantitative estimate of drug-likeness (QED) is 0.0784. The minimum absolute atomic E-state index is 0.119. The Morgan fingerprint density at radius 2 is 1.91 bits per heavy atom. The smallest absolute Gasteiger partial charge is 0.453 e. The molecule has 3 heterocycles. The summed E-state index contributed by atoms with van der Waals surface area (Å²) in [6.07, 6.45) is 1.95. The van der Waals surface area contributed by atoms with E-state index in [4.69, 9.17) is 46.9 Å². The van der Waals surface area contributed by atoms with Gasteiger partial charge < -0.3 is 44.9 Å². The summed E-state index contributed by atoms with van der Waals surface area (Å²) in [6.45, 7) is 0.639. The largest absolute Gasteiger partial charge is 0.497 e. The highest BCUT2D eigenvalue weighted by Crippen LogP contribution is 2.32. The van der Waals surface area contributed by atoms with Gasteiger partial charge in [0.1, 0.15) is 28.5 Å². The molecule has 17 nitrogen and oxygen atoms in total. The molecule has 46 heavy (non-hydrogen) atoms. The second-order valence-corrected chi connectivity index (χ2v) is 10.5. The molecule has 0 radical (unpaired) electrons. The molecular weight excluding hydrogens is 630 g/mol. The first kappa shape index (κ1) is 34.1. The average Bonchev–Trinajstić information content (AvgIpc) is 3.40. The molecule has 5 N–H and O–H groups in total. The fraction of sp³-hybridized carbons (Fsp3) is 0.357. The zero-order valence-corrected chi connectivity index (χ0v) is 25.7. The second-order valence-electron chi connectivity index (χ2n) is 10.1. The monoisotopic (exact) mass is 661 g/mol. The number of primary amides is 1. The SMILES string of the molecule is COc1ccc(CN(C)c2cc(Cl)nc3c2ncn3C(N)=O)c(OC)c1.O=[N+]([O-])c1cc(COC2CCC2)ncc1OC(O)(O)O. The van der Waals surface area contributed by atoms with Crippen molar-refractivity contribution >= 4 is 40.2 Å². The van der Waals surface area contributed by atoms with Crippen molar-refractivity contribution < 1.29 is 44.0 Å². The lowest BCUT2D eigenvalue weighted by atomic mass is 9.96. The highest BCUT2D eigenvalue weighted by molar-refractivity contribution is 6.30. The number of halogens is 1. The molecule has 5 rings (SSSR count). The zero-order chi connectivity index (χ0) is 33.6. The van der Waals surface area contributed by atoms with Crippen molar-refractivity contribution in [1.82, 2.24) is 19.5 Å². The van der Waals surface area contributed by atoms with Crippen LogP contribution < -0.4 is 24.8 Å². The topological polar surface area (TPSA) is 231 Å². The van der Waals surface area contributed by atoms with Crippen molar-refractivity contribution in [3.63, 3.8) is 0 Å². The summed E-state index contributed by atoms with van der Waals surface area (Å²) in [4.78, 5) is 35.8. The van der Waals surface area contributed by atoms with Gasteiger partial charge in [-0.3, -0.25) is 15.1 Å². The van der Waals surface area contributed by atoms with Crippen LogP contribution in [0.1, 0.15) is 30.5 Å². The van der Waals surface area contributed by atoms with E-state index < -0.39 is 28.6 Å². The maximum Gasteiger partial charge on any atom is 0.453 e. The van der Waals surface area contributed by atoms with Gasteiger partial charge in [0, 0.05) is 37.4 Å². The van der Waals surface area contributed by atoms with E-state index in [1.807, 2.05) is 30.1 Å². The number of nitrogens with zero attached hydrogens (tertiary/aromatic N) is 6. The Morgan fingerprint density at radius 3 is 2.50 bits per heavy atom. The van der Waals surface area contributed by atoms with E-state index in [9.17, 15) is 14.9 Å². The molecule has 1 saturated carbocycles. The number of hydrogen-bond donors (Lipinski definition) is 4. The van der Waals surface area contributed by atoms with Crippen molar-refractivity contribution in [2.45, 2.75) is 44.7 Å². The Morgan fingerprint density at radius 1 is 1.17 bits per heavy atom. The van der Waals surface area contributed by atoms with Gasteiger partial charge in [0.15, 0.2) is 5.65 Å². The number of aromatic nitrogens is 4. The van der Waals surface area contributed by atoms with Crippen LogP contribution in [0.3, 0.4) is 0 Å². The number of nitrogens with two attached hydrogens (primary N) is 1. The predicted molar refractivity (Wildman–Crippen MR) is 163 cm³/mol. The number of carbonyl (C=O) groups is 1. The van der Waals surface area contributed by atoms with Gasteiger partial charge in [-0.15, -0.1) is 0 Å². The first-order valence-electron chi connectivity index (χ1n) is 13.7. The van der Waals surface area contributed by atoms with Crippen molar-refractivity contribution in [1.29, 1.82) is 0 Å². The minimum Gasteiger partial charge on any atom is -0.497 e. The number of anilines is 1. The van der Waals surface area contributed by atoms with Crippen LogP contribution in [0.5, 0.6) is 17.2 Å². The van der Waals surface area contributed by atoms with E-state index in [1.54, 1.807) is 20.3 Å². The molecule has 0 unspecified atom stereocenters. The van der Waals surface area contributed by atoms with Crippen LogP contribution in [0.25, 0.3) is 11.2 Å². The summed E-state index contributed by atoms with van der Waals surface area (Å²) in [5, 5.41) is 37.1. The molecule has 3 aromatic heterocycles. The molecule has 1 amide bonds. The van der Waals surface area contributed by atoms with E-state index in [1.165, 1.54) is 6.33 Å². The molecule has 4 aromatic rings. The normalized spacial score (nSPS) is 12.9. The summed E-state index contributed by atoms with van der Waals surface area (Å²) in [5.41, 5.74) is 7.63. The maximum atomic E-state index is 11.5. The first-order valence-corrected chi connectivity index (χ1v) is 14.0. The molecule has 0 bridgehead atoms. The third-order valence-corrected chi connectivity index (χ3v) is 7.06. The number of amides is 1. The molecule has 246 valence electrons. The van der Waals surface area contributed by atoms with Gasteiger partial charge in [-0.05, 0) is 31.4 Å². The number of fused-ring (bicyclic) bond motifs is 1. The lowest BCUT2D eigenvalue weighted by molar-refractivity contribution is -0.427. The molecular formula is C28H32ClN7O10. The lowest BCUT2D eigenvalue weighted by Gasteiger charge is -2.25. The van der Waals surface area contributed by atoms with Gasteiger partial charge >= 0.3 is 17.9 Å². The second kappa shape index (κ2) is 14.5. The Hall–Kier alpha value is -4.81. The number of methoxy groups -OCH3 is 2. The van der Waals surface area contributed by atoms with Crippen LogP contribution in [0.15, 0.2) is 42.9 Å². The maximum absolute atomic E-state index is 11.5. The standard InChI is InChI=1S/C17H18ClN5O3.C11H14N2O7/c1-22(8-10-4-5-11(25-2)6-13(10)26-3)12-7-14(18)21-16-15(12)20-9-23(16)17(19)24;14-11(15,16)20-10-5-12-7(4-9(10)13(17)18)6-19-8-2-1-3-8/h4-7,9H,8H2,1-3H3,(H2,19,24);4-5,8,14-16H,1-3,6H2. The Bertz CT molecular complexity index is 1710. The summed E-state index contributed by atoms with van der Waals surface area (Å²) < 4.78 is 21.5. The molecule has 1 aliphatic rings. The van der Waals surface area contributed by atoms with Crippen LogP contribution >= 0.6 is 11.6 Å². The number of benzene rings is 1. The van der Waals surface area contributed by atoms with Crippen LogP contribution in [0.2, 0.25) is 5.15 Å². The molecule has 0 spiro atoms. The molecule has 1 aromatic carbocycles. The minimum atomic E-state index is -3.50. The Kier molecular flexibility index (Phi) is 10.8. The number of ether oxygens (including phenoxy) is 4. The number of pyridine rings is 2. The fourth-order valence-electron chi connectivity index (χ4n) is 4.38. The van der Waals surface area contributed by atoms with Gasteiger partial charge in [-0.2, -0.15) is 0 Å². The summed E-state index contributed by atoms with van der Waals surface area (Å²) in [6, 6.07) is 7.73. The van der Waals surface area contributed by atoms with E-state index in [2.05, 4.69) is 19.7 Å². The summed E-state index contributed by atoms with van der Waals surface area (Å²) >= 11 is 6.13. The lowest BCUT2D eigenvalue weighted by Crippen LogP contribution is -2.34. The molecule has 0 atom stereocenters. The predicted octanol–water partition coefficient (Wildman–Crippen LogP) is 2.69. The molecule has 1 fully saturated rings. The van der Waals surface area contributed by atoms with Gasteiger partial charge in [-0.1, -0.05) is 11.6 Å². The van der Waals surface area contributed by atoms with E-state index in [0.29, 0.717) is 34.9 Å². The molecule has 0 saturated heterocycles.